The molecule has 0 aliphatic carbocycles. The van der Waals surface area contributed by atoms with Gasteiger partial charge < -0.3 is 9.47 Å². The summed E-state index contributed by atoms with van der Waals surface area (Å²) in [6.07, 6.45) is 3.04. The normalized spacial score (nSPS) is 34.2. The molecule has 1 fully saturated rings. The van der Waals surface area contributed by atoms with Crippen molar-refractivity contribution in [3.8, 4) is 0 Å². The molecule has 2 atom stereocenters. The van der Waals surface area contributed by atoms with Gasteiger partial charge in [0.15, 0.2) is 0 Å². The van der Waals surface area contributed by atoms with Crippen LogP contribution in [0.15, 0.2) is 11.6 Å². The lowest BCUT2D eigenvalue weighted by molar-refractivity contribution is -0.140. The van der Waals surface area contributed by atoms with Crippen molar-refractivity contribution in [2.75, 3.05) is 19.8 Å². The second-order valence-electron chi connectivity index (χ2n) is 3.71. The number of hydrogen-bond acceptors (Lipinski definition) is 3. The number of carbonyl (C=O) groups excluding carboxylic acids is 1. The second kappa shape index (κ2) is 3.50. The maximum Gasteiger partial charge on any atom is 0.313 e. The fourth-order valence-electron chi connectivity index (χ4n) is 1.94. The summed E-state index contributed by atoms with van der Waals surface area (Å²) in [5.41, 5.74) is 1.11. The molecule has 0 spiro atoms. The quantitative estimate of drug-likeness (QED) is 0.450. The van der Waals surface area contributed by atoms with Crippen molar-refractivity contribution in [1.29, 1.82) is 0 Å². The highest BCUT2D eigenvalue weighted by Gasteiger charge is 2.36. The third-order valence-electron chi connectivity index (χ3n) is 2.65. The van der Waals surface area contributed by atoms with Gasteiger partial charge in [-0.05, 0) is 12.0 Å². The average Bonchev–Trinajstić information content (AvgIpc) is 2.48. The molecule has 0 radical (unpaired) electrons. The van der Waals surface area contributed by atoms with Gasteiger partial charge in [0.05, 0.1) is 25.7 Å². The van der Waals surface area contributed by atoms with Crippen molar-refractivity contribution in [2.24, 2.45) is 11.8 Å². The van der Waals surface area contributed by atoms with E-state index < -0.39 is 0 Å². The van der Waals surface area contributed by atoms with Crippen LogP contribution in [0.25, 0.3) is 0 Å². The van der Waals surface area contributed by atoms with Gasteiger partial charge in [0.25, 0.3) is 0 Å². The van der Waals surface area contributed by atoms with E-state index in [9.17, 15) is 4.79 Å². The lowest BCUT2D eigenvalue weighted by atomic mass is 9.88. The third kappa shape index (κ3) is 1.61. The topological polar surface area (TPSA) is 35.5 Å². The van der Waals surface area contributed by atoms with Crippen LogP contribution in [0.2, 0.25) is 0 Å². The first-order chi connectivity index (χ1) is 6.29. The molecule has 13 heavy (non-hydrogen) atoms. The van der Waals surface area contributed by atoms with Crippen molar-refractivity contribution in [2.45, 2.75) is 13.3 Å². The molecule has 0 saturated carbocycles. The molecule has 0 N–H and O–H groups in total. The lowest BCUT2D eigenvalue weighted by Gasteiger charge is -2.19. The minimum atomic E-state index is -0.0794. The predicted molar refractivity (Wildman–Crippen MR) is 47.1 cm³/mol. The van der Waals surface area contributed by atoms with Crippen LogP contribution in [0, 0.1) is 11.8 Å². The summed E-state index contributed by atoms with van der Waals surface area (Å²) in [5, 5.41) is 0. The minimum Gasteiger partial charge on any atom is -0.465 e. The summed E-state index contributed by atoms with van der Waals surface area (Å²) in [6.45, 7) is 3.98. The Labute approximate surface area is 77.7 Å². The SMILES string of the molecule is C[C@H]1COC(=O)[C@@H]1C1=CCCOC1. The Morgan fingerprint density at radius 3 is 2.92 bits per heavy atom. The van der Waals surface area contributed by atoms with Gasteiger partial charge in [-0.25, -0.2) is 0 Å². The van der Waals surface area contributed by atoms with Gasteiger partial charge in [-0.1, -0.05) is 13.0 Å². The molecule has 3 nitrogen and oxygen atoms in total. The Kier molecular flexibility index (Phi) is 2.36. The lowest BCUT2D eigenvalue weighted by Crippen LogP contribution is -2.22. The molecular formula is C10H14O3. The maximum absolute atomic E-state index is 11.4. The zero-order valence-electron chi connectivity index (χ0n) is 7.79. The van der Waals surface area contributed by atoms with E-state index in [-0.39, 0.29) is 11.9 Å². The van der Waals surface area contributed by atoms with E-state index in [1.165, 1.54) is 0 Å². The van der Waals surface area contributed by atoms with Gasteiger partial charge in [0, 0.05) is 5.92 Å². The number of hydrogen-bond donors (Lipinski definition) is 0. The molecule has 2 aliphatic rings. The first-order valence-electron chi connectivity index (χ1n) is 4.72. The van der Waals surface area contributed by atoms with Crippen LogP contribution in [-0.4, -0.2) is 25.8 Å². The molecule has 0 bridgehead atoms. The Bertz CT molecular complexity index is 245. The number of carbonyl (C=O) groups is 1. The van der Waals surface area contributed by atoms with Crippen LogP contribution < -0.4 is 0 Å². The molecule has 2 heterocycles. The third-order valence-corrected chi connectivity index (χ3v) is 2.65. The largest absolute Gasteiger partial charge is 0.465 e. The maximum atomic E-state index is 11.4. The Hall–Kier alpha value is -0.830. The van der Waals surface area contributed by atoms with Crippen LogP contribution in [0.5, 0.6) is 0 Å². The molecule has 1 saturated heterocycles. The first-order valence-corrected chi connectivity index (χ1v) is 4.72. The Morgan fingerprint density at radius 1 is 1.54 bits per heavy atom. The van der Waals surface area contributed by atoms with Crippen LogP contribution in [-0.2, 0) is 14.3 Å². The van der Waals surface area contributed by atoms with Crippen molar-refractivity contribution < 1.29 is 14.3 Å². The molecule has 0 unspecified atom stereocenters. The van der Waals surface area contributed by atoms with Gasteiger partial charge in [-0.2, -0.15) is 0 Å². The van der Waals surface area contributed by atoms with Crippen molar-refractivity contribution >= 4 is 5.97 Å². The highest BCUT2D eigenvalue weighted by atomic mass is 16.5. The van der Waals surface area contributed by atoms with E-state index in [1.807, 2.05) is 6.92 Å². The van der Waals surface area contributed by atoms with Crippen LogP contribution in [0.3, 0.4) is 0 Å². The highest BCUT2D eigenvalue weighted by Crippen LogP contribution is 2.30. The van der Waals surface area contributed by atoms with Crippen molar-refractivity contribution in [3.63, 3.8) is 0 Å². The molecule has 2 rings (SSSR count). The molecule has 72 valence electrons. The van der Waals surface area contributed by atoms with Crippen molar-refractivity contribution in [3.05, 3.63) is 11.6 Å². The van der Waals surface area contributed by atoms with Gasteiger partial charge in [-0.15, -0.1) is 0 Å². The van der Waals surface area contributed by atoms with E-state index in [4.69, 9.17) is 9.47 Å². The predicted octanol–water partition coefficient (Wildman–Crippen LogP) is 1.14. The number of rotatable bonds is 1. The van der Waals surface area contributed by atoms with Gasteiger partial charge in [-0.3, -0.25) is 4.79 Å². The van der Waals surface area contributed by atoms with Crippen LogP contribution in [0.4, 0.5) is 0 Å². The fraction of sp³-hybridized carbons (Fsp3) is 0.700. The molecule has 3 heteroatoms. The van der Waals surface area contributed by atoms with E-state index >= 15 is 0 Å². The molecule has 2 aliphatic heterocycles. The van der Waals surface area contributed by atoms with E-state index in [0.29, 0.717) is 19.1 Å². The Morgan fingerprint density at radius 2 is 2.38 bits per heavy atom. The van der Waals surface area contributed by atoms with Gasteiger partial charge >= 0.3 is 5.97 Å². The minimum absolute atomic E-state index is 0.0414. The smallest absolute Gasteiger partial charge is 0.313 e. The fourth-order valence-corrected chi connectivity index (χ4v) is 1.94. The standard InChI is InChI=1S/C10H14O3/c1-7-5-13-10(11)9(7)8-3-2-4-12-6-8/h3,7,9H,2,4-6H2,1H3/t7-,9-/m0/s1. The summed E-state index contributed by atoms with van der Waals surface area (Å²) in [6, 6.07) is 0. The summed E-state index contributed by atoms with van der Waals surface area (Å²) in [5.74, 6) is 0.185. The highest BCUT2D eigenvalue weighted by molar-refractivity contribution is 5.78. The molecule has 0 aromatic heterocycles. The number of ether oxygens (including phenoxy) is 2. The molecule has 0 aromatic rings. The van der Waals surface area contributed by atoms with Crippen LogP contribution in [0.1, 0.15) is 13.3 Å². The van der Waals surface area contributed by atoms with Crippen LogP contribution >= 0.6 is 0 Å². The van der Waals surface area contributed by atoms with Gasteiger partial charge in [0.2, 0.25) is 0 Å². The summed E-state index contributed by atoms with van der Waals surface area (Å²) in [7, 11) is 0. The van der Waals surface area contributed by atoms with E-state index in [0.717, 1.165) is 18.6 Å². The summed E-state index contributed by atoms with van der Waals surface area (Å²) in [4.78, 5) is 11.4. The number of cyclic esters (lactones) is 1. The second-order valence-corrected chi connectivity index (χ2v) is 3.71. The van der Waals surface area contributed by atoms with Crippen molar-refractivity contribution in [1.82, 2.24) is 0 Å². The molecular weight excluding hydrogens is 168 g/mol. The summed E-state index contributed by atoms with van der Waals surface area (Å²) >= 11 is 0. The molecule has 0 amide bonds. The zero-order valence-corrected chi connectivity index (χ0v) is 7.79. The monoisotopic (exact) mass is 182 g/mol. The van der Waals surface area contributed by atoms with E-state index in [2.05, 4.69) is 6.08 Å². The zero-order chi connectivity index (χ0) is 9.26. The van der Waals surface area contributed by atoms with Gasteiger partial charge in [0.1, 0.15) is 0 Å². The average molecular weight is 182 g/mol. The summed E-state index contributed by atoms with van der Waals surface area (Å²) < 4.78 is 10.3. The molecule has 0 aromatic carbocycles. The Balaban J connectivity index is 2.13. The number of esters is 1. The van der Waals surface area contributed by atoms with E-state index in [1.54, 1.807) is 0 Å². The first kappa shape index (κ1) is 8.75.